The van der Waals surface area contributed by atoms with Gasteiger partial charge in [-0.15, -0.1) is 0 Å². The molecule has 0 aromatic heterocycles. The van der Waals surface area contributed by atoms with Gasteiger partial charge in [0.15, 0.2) is 0 Å². The summed E-state index contributed by atoms with van der Waals surface area (Å²) in [5, 5.41) is 11.7. The molecular formula is C17H25LiO2Si. The Bertz CT molecular complexity index is 493. The quantitative estimate of drug-likeness (QED) is 0.722. The second-order valence-electron chi connectivity index (χ2n) is 6.71. The van der Waals surface area contributed by atoms with Crippen molar-refractivity contribution in [2.45, 2.75) is 57.5 Å². The molecule has 1 atom stereocenters. The molecule has 1 aliphatic heterocycles. The van der Waals surface area contributed by atoms with Gasteiger partial charge in [-0.25, -0.2) is 0 Å². The number of hydrogen-bond donors (Lipinski definition) is 0. The first kappa shape index (κ1) is 18.4. The molecule has 2 nitrogen and oxygen atoms in total. The summed E-state index contributed by atoms with van der Waals surface area (Å²) in [5.41, 5.74) is 2.30. The summed E-state index contributed by atoms with van der Waals surface area (Å²) in [6.07, 6.45) is 3.93. The number of ether oxygens (including phenoxy) is 1. The molecule has 1 aromatic rings. The smallest absolute Gasteiger partial charge is 0.605 e. The molecule has 0 fully saturated rings. The Morgan fingerprint density at radius 3 is 2.24 bits per heavy atom. The summed E-state index contributed by atoms with van der Waals surface area (Å²) in [7, 11) is -1.64. The first-order valence-electron chi connectivity index (χ1n) is 7.54. The first-order chi connectivity index (χ1) is 9.40. The van der Waals surface area contributed by atoms with Gasteiger partial charge in [0.05, 0.1) is 14.0 Å². The summed E-state index contributed by atoms with van der Waals surface area (Å²) < 4.78 is 5.79. The summed E-state index contributed by atoms with van der Waals surface area (Å²) >= 11 is 0. The Morgan fingerprint density at radius 1 is 1.14 bits per heavy atom. The summed E-state index contributed by atoms with van der Waals surface area (Å²) in [6.45, 7) is 9.06. The number of benzene rings is 1. The van der Waals surface area contributed by atoms with Gasteiger partial charge >= 0.3 is 18.9 Å². The van der Waals surface area contributed by atoms with E-state index < -0.39 is 8.07 Å². The van der Waals surface area contributed by atoms with Crippen LogP contribution in [0, 0.1) is 0 Å². The Labute approximate surface area is 141 Å². The van der Waals surface area contributed by atoms with E-state index in [0.717, 1.165) is 31.3 Å². The molecule has 0 bridgehead atoms. The van der Waals surface area contributed by atoms with Gasteiger partial charge in [0, 0.05) is 5.22 Å². The van der Waals surface area contributed by atoms with Crippen LogP contribution in [-0.2, 0) is 11.2 Å². The normalized spacial score (nSPS) is 21.3. The standard InChI is InChI=1S/C17H26O2Si.Li/c1-5-6-12-15-16(18)19-17(15,20(2,3)4)13-14-10-8-7-9-11-14;/h7-11,18H,5-6,12-13H2,1-4H3;/q;+1/p-1. The molecule has 0 amide bonds. The van der Waals surface area contributed by atoms with Crippen molar-refractivity contribution in [1.29, 1.82) is 0 Å². The molecular weight excluding hydrogens is 271 g/mol. The van der Waals surface area contributed by atoms with E-state index in [-0.39, 0.29) is 30.0 Å². The van der Waals surface area contributed by atoms with Crippen molar-refractivity contribution in [2.75, 3.05) is 0 Å². The van der Waals surface area contributed by atoms with Crippen LogP contribution in [0.1, 0.15) is 31.7 Å². The van der Waals surface area contributed by atoms with Crippen molar-refractivity contribution in [2.24, 2.45) is 0 Å². The fraction of sp³-hybridized carbons (Fsp3) is 0.529. The first-order valence-corrected chi connectivity index (χ1v) is 11.0. The fourth-order valence-corrected chi connectivity index (χ4v) is 5.22. The molecule has 0 N–H and O–H groups in total. The predicted molar refractivity (Wildman–Crippen MR) is 83.9 cm³/mol. The molecule has 0 saturated heterocycles. The van der Waals surface area contributed by atoms with E-state index in [1.165, 1.54) is 5.56 Å². The maximum absolute atomic E-state index is 12.0. The van der Waals surface area contributed by atoms with Crippen LogP contribution in [0.4, 0.5) is 0 Å². The van der Waals surface area contributed by atoms with Crippen molar-refractivity contribution >= 4 is 8.07 Å². The van der Waals surface area contributed by atoms with Crippen LogP contribution in [-0.4, -0.2) is 13.3 Å². The molecule has 110 valence electrons. The van der Waals surface area contributed by atoms with Crippen LogP contribution >= 0.6 is 0 Å². The zero-order valence-corrected chi connectivity index (χ0v) is 15.0. The Morgan fingerprint density at radius 2 is 1.76 bits per heavy atom. The van der Waals surface area contributed by atoms with Gasteiger partial charge in [-0.05, 0) is 30.4 Å². The molecule has 1 unspecified atom stereocenters. The Kier molecular flexibility index (Phi) is 6.22. The summed E-state index contributed by atoms with van der Waals surface area (Å²) in [5.74, 6) is -0.0585. The van der Waals surface area contributed by atoms with Crippen LogP contribution in [0.2, 0.25) is 19.6 Å². The van der Waals surface area contributed by atoms with E-state index in [2.05, 4.69) is 50.8 Å². The van der Waals surface area contributed by atoms with Gasteiger partial charge in [-0.2, -0.15) is 0 Å². The molecule has 1 aromatic carbocycles. The minimum absolute atomic E-state index is 0. The van der Waals surface area contributed by atoms with E-state index in [0.29, 0.717) is 0 Å². The fourth-order valence-electron chi connectivity index (χ4n) is 2.95. The van der Waals surface area contributed by atoms with Crippen molar-refractivity contribution < 1.29 is 28.7 Å². The molecule has 0 radical (unpaired) electrons. The Hall–Kier alpha value is -0.626. The van der Waals surface area contributed by atoms with E-state index in [1.807, 2.05) is 6.07 Å². The van der Waals surface area contributed by atoms with Gasteiger partial charge in [0.25, 0.3) is 0 Å². The number of unbranched alkanes of at least 4 members (excludes halogenated alkanes) is 1. The topological polar surface area (TPSA) is 32.3 Å². The van der Waals surface area contributed by atoms with E-state index in [4.69, 9.17) is 4.74 Å². The van der Waals surface area contributed by atoms with Crippen molar-refractivity contribution in [1.82, 2.24) is 0 Å². The average molecular weight is 296 g/mol. The van der Waals surface area contributed by atoms with Gasteiger partial charge in [0.2, 0.25) is 0 Å². The second-order valence-corrected chi connectivity index (χ2v) is 12.0. The third kappa shape index (κ3) is 3.59. The zero-order valence-electron chi connectivity index (χ0n) is 14.0. The maximum atomic E-state index is 12.0. The van der Waals surface area contributed by atoms with Crippen LogP contribution in [0.15, 0.2) is 41.9 Å². The minimum Gasteiger partial charge on any atom is -0.605 e. The number of rotatable bonds is 6. The van der Waals surface area contributed by atoms with Crippen LogP contribution in [0.25, 0.3) is 0 Å². The third-order valence-electron chi connectivity index (χ3n) is 4.29. The van der Waals surface area contributed by atoms with Crippen LogP contribution in [0.5, 0.6) is 0 Å². The maximum Gasteiger partial charge on any atom is 1.00 e. The van der Waals surface area contributed by atoms with Crippen molar-refractivity contribution in [3.8, 4) is 0 Å². The van der Waals surface area contributed by atoms with Gasteiger partial charge in [0.1, 0.15) is 0 Å². The molecule has 0 saturated carbocycles. The number of hydrogen-bond acceptors (Lipinski definition) is 2. The Balaban J connectivity index is 0.00000220. The monoisotopic (exact) mass is 296 g/mol. The average Bonchev–Trinajstić information content (AvgIpc) is 2.38. The van der Waals surface area contributed by atoms with Gasteiger partial charge in [-0.1, -0.05) is 63.3 Å². The largest absolute Gasteiger partial charge is 1.00 e. The van der Waals surface area contributed by atoms with Gasteiger partial charge in [-0.3, -0.25) is 0 Å². The predicted octanol–water partition coefficient (Wildman–Crippen LogP) is 0.642. The minimum atomic E-state index is -1.64. The second kappa shape index (κ2) is 7.09. The molecule has 4 heteroatoms. The summed E-state index contributed by atoms with van der Waals surface area (Å²) in [6, 6.07) is 10.4. The molecule has 0 aliphatic carbocycles. The molecule has 1 heterocycles. The summed E-state index contributed by atoms with van der Waals surface area (Å²) in [4.78, 5) is 0. The third-order valence-corrected chi connectivity index (χ3v) is 7.29. The van der Waals surface area contributed by atoms with E-state index in [9.17, 15) is 5.11 Å². The SMILES string of the molecule is CCCCC1=C([O-])OC1(Cc1ccccc1)[Si](C)(C)C.[Li+]. The molecule has 1 aliphatic rings. The van der Waals surface area contributed by atoms with Crippen LogP contribution < -0.4 is 24.0 Å². The molecule has 2 rings (SSSR count). The van der Waals surface area contributed by atoms with Crippen molar-refractivity contribution in [3.05, 3.63) is 47.4 Å². The van der Waals surface area contributed by atoms with Crippen molar-refractivity contribution in [3.63, 3.8) is 0 Å². The van der Waals surface area contributed by atoms with Gasteiger partial charge < -0.3 is 9.84 Å². The molecule has 0 spiro atoms. The van der Waals surface area contributed by atoms with E-state index in [1.54, 1.807) is 0 Å². The zero-order chi connectivity index (χ0) is 14.8. The molecule has 21 heavy (non-hydrogen) atoms. The van der Waals surface area contributed by atoms with E-state index >= 15 is 0 Å². The van der Waals surface area contributed by atoms with Crippen LogP contribution in [0.3, 0.4) is 0 Å².